The lowest BCUT2D eigenvalue weighted by Gasteiger charge is -2.15. The summed E-state index contributed by atoms with van der Waals surface area (Å²) in [6.45, 7) is 6.87. The van der Waals surface area contributed by atoms with Gasteiger partial charge < -0.3 is 71.1 Å². The number of anilines is 2. The Morgan fingerprint density at radius 2 is 1.29 bits per heavy atom. The zero-order chi connectivity index (χ0) is 54.6. The van der Waals surface area contributed by atoms with Crippen LogP contribution in [0.5, 0.6) is 0 Å². The second-order valence-corrected chi connectivity index (χ2v) is 16.3. The number of aliphatic imine (C=N–C) groups is 1. The molecule has 0 unspecified atom stereocenters. The second-order valence-electron chi connectivity index (χ2n) is 16.3. The third-order valence-corrected chi connectivity index (χ3v) is 10.6. The SMILES string of the molecule is NN=C(C=NCCOCCOCCOCCOCCOCCOCCOCCNC(=O)CCN1C(=O)C=CC1=O)CCCCNC(=O)CC[C@H](NC(=O)c1ccc(NCc2cnc3nc(N)[nH]c(=O)c3n2)cc1)C(=O)O. The number of hydrazone groups is 1. The molecule has 3 aromatic rings. The van der Waals surface area contributed by atoms with Crippen molar-refractivity contribution in [1.82, 2.24) is 40.8 Å². The van der Waals surface area contributed by atoms with Crippen molar-refractivity contribution >= 4 is 70.2 Å². The molecule has 1 aliphatic heterocycles. The molecule has 0 radical (unpaired) electrons. The number of H-pyrrole nitrogens is 1. The number of carboxylic acid groups (broad SMARTS) is 1. The minimum absolute atomic E-state index is 0.0322. The van der Waals surface area contributed by atoms with Gasteiger partial charge in [-0.3, -0.25) is 43.6 Å². The molecule has 0 saturated heterocycles. The van der Waals surface area contributed by atoms with Gasteiger partial charge in [-0.15, -0.1) is 0 Å². The topological polar surface area (TPSA) is 387 Å². The summed E-state index contributed by atoms with van der Waals surface area (Å²) in [6, 6.07) is 5.01. The molecule has 3 heterocycles. The van der Waals surface area contributed by atoms with Gasteiger partial charge in [-0.05, 0) is 49.9 Å². The molecule has 28 nitrogen and oxygen atoms in total. The third-order valence-electron chi connectivity index (χ3n) is 10.6. The summed E-state index contributed by atoms with van der Waals surface area (Å²) in [5, 5.41) is 24.5. The Morgan fingerprint density at radius 3 is 1.88 bits per heavy atom. The number of carbonyl (C=O) groups excluding carboxylic acids is 5. The molecule has 0 fully saturated rings. The van der Waals surface area contributed by atoms with E-state index in [2.05, 4.69) is 51.3 Å². The predicted octanol–water partition coefficient (Wildman–Crippen LogP) is -0.910. The van der Waals surface area contributed by atoms with Crippen molar-refractivity contribution in [2.75, 3.05) is 130 Å². The lowest BCUT2D eigenvalue weighted by Crippen LogP contribution is -2.41. The summed E-state index contributed by atoms with van der Waals surface area (Å²) < 4.78 is 38.3. The first kappa shape index (κ1) is 61.2. The second kappa shape index (κ2) is 36.6. The highest BCUT2D eigenvalue weighted by atomic mass is 16.6. The van der Waals surface area contributed by atoms with Crippen molar-refractivity contribution < 1.29 is 67.0 Å². The number of ether oxygens (including phenoxy) is 7. The molecule has 5 amide bonds. The number of nitrogens with two attached hydrogens (primary N) is 2. The summed E-state index contributed by atoms with van der Waals surface area (Å²) in [5.41, 5.74) is 7.10. The van der Waals surface area contributed by atoms with Crippen molar-refractivity contribution in [1.29, 1.82) is 0 Å². The van der Waals surface area contributed by atoms with Crippen LogP contribution >= 0.6 is 0 Å². The van der Waals surface area contributed by atoms with E-state index < -0.39 is 35.3 Å². The molecule has 0 bridgehead atoms. The monoisotopic (exact) mass is 1070 g/mol. The van der Waals surface area contributed by atoms with Crippen molar-refractivity contribution in [2.45, 2.75) is 51.1 Å². The van der Waals surface area contributed by atoms with Gasteiger partial charge in [-0.2, -0.15) is 10.1 Å². The summed E-state index contributed by atoms with van der Waals surface area (Å²) in [4.78, 5) is 104. The summed E-state index contributed by atoms with van der Waals surface area (Å²) in [5.74, 6) is 2.13. The quantitative estimate of drug-likeness (QED) is 0.0112. The number of aliphatic carboxylic acids is 1. The van der Waals surface area contributed by atoms with E-state index in [0.29, 0.717) is 148 Å². The molecular weight excluding hydrogens is 999 g/mol. The average Bonchev–Trinajstić information content (AvgIpc) is 3.74. The van der Waals surface area contributed by atoms with Crippen molar-refractivity contribution in [3.63, 3.8) is 0 Å². The first-order chi connectivity index (χ1) is 36.9. The number of hydrogen-bond donors (Lipinski definition) is 8. The Hall–Kier alpha value is -7.34. The number of nitrogens with zero attached hydrogens (tertiary/aromatic N) is 6. The van der Waals surface area contributed by atoms with Gasteiger partial charge in [0.25, 0.3) is 23.3 Å². The zero-order valence-corrected chi connectivity index (χ0v) is 42.4. The van der Waals surface area contributed by atoms with E-state index in [1.165, 1.54) is 30.5 Å². The standard InChI is InChI=1S/C48H69N13O15/c49-48-58-44-43(46(67)59-48)56-37(33-55-44)32-54-35-6-4-34(5-7-35)45(66)57-38(47(68)69)8-9-39(62)52-13-2-1-3-36(60-50)31-51-14-17-70-19-21-72-23-25-74-27-29-76-30-28-75-26-24-73-22-20-71-18-15-53-40(63)12-16-61-41(64)10-11-42(61)65/h4-7,10-11,31,33,38,54H,1-3,8-9,12-30,32,50H2,(H,52,62)(H,53,63)(H,57,66)(H,68,69)(H3,49,55,58,59,67)/t38-/m0/s1. The number of benzene rings is 1. The maximum absolute atomic E-state index is 12.9. The number of hydrogen-bond acceptors (Lipinski definition) is 22. The Kier molecular flexibility index (Phi) is 29.5. The Morgan fingerprint density at radius 1 is 0.724 bits per heavy atom. The summed E-state index contributed by atoms with van der Waals surface area (Å²) in [6.07, 6.45) is 7.04. The number of carboxylic acids is 1. The van der Waals surface area contributed by atoms with Crippen LogP contribution in [-0.4, -0.2) is 202 Å². The van der Waals surface area contributed by atoms with Crippen LogP contribution in [0, 0.1) is 0 Å². The van der Waals surface area contributed by atoms with Crippen LogP contribution in [-0.2, 0) is 63.7 Å². The van der Waals surface area contributed by atoms with Crippen LogP contribution in [0.25, 0.3) is 11.2 Å². The van der Waals surface area contributed by atoms with Crippen LogP contribution in [0.15, 0.2) is 57.5 Å². The van der Waals surface area contributed by atoms with Crippen molar-refractivity contribution in [3.05, 3.63) is 64.2 Å². The minimum Gasteiger partial charge on any atom is -0.480 e. The van der Waals surface area contributed by atoms with E-state index in [0.717, 1.165) is 4.90 Å². The number of amides is 5. The molecule has 1 atom stereocenters. The Labute approximate surface area is 438 Å². The van der Waals surface area contributed by atoms with Gasteiger partial charge in [0.15, 0.2) is 11.2 Å². The fourth-order valence-electron chi connectivity index (χ4n) is 6.60. The van der Waals surface area contributed by atoms with E-state index in [1.54, 1.807) is 18.3 Å². The molecule has 1 aromatic carbocycles. The number of aromatic amines is 1. The van der Waals surface area contributed by atoms with Crippen LogP contribution in [0.1, 0.15) is 54.6 Å². The molecular formula is C48H69N13O15. The average molecular weight is 1070 g/mol. The maximum Gasteiger partial charge on any atom is 0.326 e. The molecule has 0 spiro atoms. The van der Waals surface area contributed by atoms with Crippen LogP contribution < -0.4 is 38.4 Å². The van der Waals surface area contributed by atoms with E-state index in [9.17, 15) is 38.7 Å². The zero-order valence-electron chi connectivity index (χ0n) is 42.4. The van der Waals surface area contributed by atoms with E-state index in [4.69, 9.17) is 44.7 Å². The molecule has 2 aromatic heterocycles. The minimum atomic E-state index is -1.29. The summed E-state index contributed by atoms with van der Waals surface area (Å²) in [7, 11) is 0. The van der Waals surface area contributed by atoms with Crippen LogP contribution in [0.4, 0.5) is 11.6 Å². The largest absolute Gasteiger partial charge is 0.480 e. The predicted molar refractivity (Wildman–Crippen MR) is 275 cm³/mol. The number of unbranched alkanes of at least 4 members (excludes halogenated alkanes) is 1. The number of rotatable bonds is 42. The van der Waals surface area contributed by atoms with Crippen molar-refractivity contribution in [2.24, 2.45) is 15.9 Å². The number of fused-ring (bicyclic) bond motifs is 1. The Bertz CT molecular complexity index is 2420. The molecule has 0 aliphatic carbocycles. The van der Waals surface area contributed by atoms with Gasteiger partial charge in [0.05, 0.1) is 123 Å². The maximum atomic E-state index is 12.9. The molecule has 28 heteroatoms. The lowest BCUT2D eigenvalue weighted by molar-refractivity contribution is -0.140. The van der Waals surface area contributed by atoms with Gasteiger partial charge in [0.1, 0.15) is 6.04 Å². The van der Waals surface area contributed by atoms with Gasteiger partial charge in [-0.25, -0.2) is 14.8 Å². The van der Waals surface area contributed by atoms with E-state index in [-0.39, 0.29) is 66.8 Å². The van der Waals surface area contributed by atoms with Gasteiger partial charge in [0.2, 0.25) is 17.8 Å². The third kappa shape index (κ3) is 25.3. The normalized spacial score (nSPS) is 12.9. The number of aromatic nitrogens is 4. The van der Waals surface area contributed by atoms with Gasteiger partial charge in [-0.1, -0.05) is 0 Å². The molecule has 416 valence electrons. The number of nitrogens with one attached hydrogen (secondary N) is 5. The van der Waals surface area contributed by atoms with Gasteiger partial charge >= 0.3 is 5.97 Å². The fourth-order valence-corrected chi connectivity index (χ4v) is 6.60. The fraction of sp³-hybridized carbons (Fsp3) is 0.542. The smallest absolute Gasteiger partial charge is 0.326 e. The highest BCUT2D eigenvalue weighted by Gasteiger charge is 2.24. The number of carbonyl (C=O) groups is 6. The van der Waals surface area contributed by atoms with E-state index >= 15 is 0 Å². The Balaban J connectivity index is 0.875. The highest BCUT2D eigenvalue weighted by Crippen LogP contribution is 2.13. The number of nitrogen functional groups attached to an aromatic ring is 1. The van der Waals surface area contributed by atoms with E-state index in [1.807, 2.05) is 0 Å². The van der Waals surface area contributed by atoms with Crippen LogP contribution in [0.3, 0.4) is 0 Å². The first-order valence-electron chi connectivity index (χ1n) is 24.7. The first-order valence-corrected chi connectivity index (χ1v) is 24.7. The molecule has 1 aliphatic rings. The lowest BCUT2D eigenvalue weighted by atomic mass is 10.1. The number of imide groups is 1. The molecule has 76 heavy (non-hydrogen) atoms. The molecule has 10 N–H and O–H groups in total. The van der Waals surface area contributed by atoms with Crippen molar-refractivity contribution in [3.8, 4) is 0 Å². The highest BCUT2D eigenvalue weighted by molar-refractivity contribution is 6.30. The molecule has 0 saturated carbocycles. The van der Waals surface area contributed by atoms with Gasteiger partial charge in [0, 0.05) is 62.1 Å². The summed E-state index contributed by atoms with van der Waals surface area (Å²) >= 11 is 0. The molecule has 4 rings (SSSR count). The van der Waals surface area contributed by atoms with Crippen LogP contribution in [0.2, 0.25) is 0 Å².